The Balaban J connectivity index is 1.58. The highest BCUT2D eigenvalue weighted by Gasteiger charge is 2.33. The summed E-state index contributed by atoms with van der Waals surface area (Å²) in [5, 5.41) is 2.87. The van der Waals surface area contributed by atoms with Gasteiger partial charge in [-0.15, -0.1) is 0 Å². The molecule has 29 heavy (non-hydrogen) atoms. The molecular formula is C20H23F2N3O3S. The van der Waals surface area contributed by atoms with Gasteiger partial charge in [-0.2, -0.15) is 4.31 Å². The van der Waals surface area contributed by atoms with E-state index in [1.165, 1.54) is 0 Å². The number of halogens is 2. The van der Waals surface area contributed by atoms with Crippen molar-refractivity contribution >= 4 is 15.9 Å². The van der Waals surface area contributed by atoms with Gasteiger partial charge in [0.25, 0.3) is 0 Å². The molecule has 156 valence electrons. The number of carbonyl (C=O) groups is 1. The van der Waals surface area contributed by atoms with Crippen LogP contribution in [0.2, 0.25) is 0 Å². The van der Waals surface area contributed by atoms with Gasteiger partial charge in [-0.1, -0.05) is 30.3 Å². The molecule has 1 aliphatic rings. The van der Waals surface area contributed by atoms with Crippen LogP contribution in [-0.4, -0.2) is 55.8 Å². The Bertz CT molecular complexity index is 962. The summed E-state index contributed by atoms with van der Waals surface area (Å²) in [6.07, 6.45) is 0. The molecule has 9 heteroatoms. The zero-order valence-electron chi connectivity index (χ0n) is 16.0. The summed E-state index contributed by atoms with van der Waals surface area (Å²) in [5.74, 6) is -1.95. The highest BCUT2D eigenvalue weighted by Crippen LogP contribution is 2.22. The van der Waals surface area contributed by atoms with Crippen LogP contribution in [0.5, 0.6) is 0 Å². The molecule has 2 aromatic rings. The van der Waals surface area contributed by atoms with E-state index in [0.717, 1.165) is 22.0 Å². The summed E-state index contributed by atoms with van der Waals surface area (Å²) in [4.78, 5) is 13.6. The molecule has 1 N–H and O–H groups in total. The Hall–Kier alpha value is -2.36. The van der Waals surface area contributed by atoms with Crippen LogP contribution in [-0.2, 0) is 21.4 Å². The zero-order valence-corrected chi connectivity index (χ0v) is 16.8. The minimum atomic E-state index is -4.14. The number of nitrogens with one attached hydrogen (secondary N) is 1. The highest BCUT2D eigenvalue weighted by atomic mass is 32.2. The fourth-order valence-corrected chi connectivity index (χ4v) is 4.74. The number of hydrogen-bond donors (Lipinski definition) is 1. The number of amides is 1. The molecule has 0 saturated carbocycles. The van der Waals surface area contributed by atoms with E-state index in [4.69, 9.17) is 0 Å². The summed E-state index contributed by atoms with van der Waals surface area (Å²) >= 11 is 0. The van der Waals surface area contributed by atoms with Crippen molar-refractivity contribution in [3.05, 3.63) is 65.7 Å². The first kappa shape index (κ1) is 21.4. The van der Waals surface area contributed by atoms with Crippen LogP contribution in [0.15, 0.2) is 53.4 Å². The van der Waals surface area contributed by atoms with Crippen molar-refractivity contribution in [1.29, 1.82) is 0 Å². The number of benzene rings is 2. The molecule has 1 aliphatic heterocycles. The summed E-state index contributed by atoms with van der Waals surface area (Å²) in [6, 6.07) is 11.5. The van der Waals surface area contributed by atoms with Gasteiger partial charge >= 0.3 is 0 Å². The maximum Gasteiger partial charge on any atom is 0.246 e. The summed E-state index contributed by atoms with van der Waals surface area (Å²) in [6.45, 7) is 2.99. The molecule has 0 aliphatic carbocycles. The Morgan fingerprint density at radius 1 is 1.07 bits per heavy atom. The van der Waals surface area contributed by atoms with Gasteiger partial charge in [0.05, 0.1) is 6.04 Å². The van der Waals surface area contributed by atoms with Crippen LogP contribution in [0, 0.1) is 11.6 Å². The number of sulfonamides is 1. The van der Waals surface area contributed by atoms with Crippen molar-refractivity contribution in [2.75, 3.05) is 26.2 Å². The van der Waals surface area contributed by atoms with E-state index in [1.54, 1.807) is 6.92 Å². The lowest BCUT2D eigenvalue weighted by molar-refractivity contribution is -0.126. The van der Waals surface area contributed by atoms with Crippen LogP contribution < -0.4 is 5.32 Å². The van der Waals surface area contributed by atoms with Crippen molar-refractivity contribution in [1.82, 2.24) is 14.5 Å². The largest absolute Gasteiger partial charge is 0.351 e. The second-order valence-corrected chi connectivity index (χ2v) is 8.80. The Kier molecular flexibility index (Phi) is 6.61. The summed E-state index contributed by atoms with van der Waals surface area (Å²) in [7, 11) is -4.14. The van der Waals surface area contributed by atoms with E-state index in [1.807, 2.05) is 35.2 Å². The number of nitrogens with zero attached hydrogens (tertiary/aromatic N) is 2. The van der Waals surface area contributed by atoms with Crippen LogP contribution in [0.4, 0.5) is 8.78 Å². The van der Waals surface area contributed by atoms with Gasteiger partial charge in [0.15, 0.2) is 0 Å². The van der Waals surface area contributed by atoms with Crippen molar-refractivity contribution < 1.29 is 22.0 Å². The van der Waals surface area contributed by atoms with E-state index in [-0.39, 0.29) is 19.0 Å². The molecule has 1 saturated heterocycles. The van der Waals surface area contributed by atoms with Crippen LogP contribution in [0.3, 0.4) is 0 Å². The number of piperazine rings is 1. The Morgan fingerprint density at radius 2 is 1.72 bits per heavy atom. The van der Waals surface area contributed by atoms with Gasteiger partial charge in [0.2, 0.25) is 15.9 Å². The quantitative estimate of drug-likeness (QED) is 0.772. The van der Waals surface area contributed by atoms with E-state index in [9.17, 15) is 22.0 Å². The molecule has 0 spiro atoms. The molecule has 1 fully saturated rings. The molecule has 0 aromatic heterocycles. The minimum Gasteiger partial charge on any atom is -0.351 e. The van der Waals surface area contributed by atoms with E-state index >= 15 is 0 Å². The standard InChI is InChI=1S/C20H23F2N3O3S/c1-15(20(26)23-14-16-5-3-2-4-6-16)24-9-11-25(12-10-24)29(27,28)19-13-17(21)7-8-18(19)22/h2-8,13,15H,9-12,14H2,1H3,(H,23,26). The Labute approximate surface area is 169 Å². The maximum absolute atomic E-state index is 13.9. The van der Waals surface area contributed by atoms with Crippen LogP contribution in [0.25, 0.3) is 0 Å². The van der Waals surface area contributed by atoms with Gasteiger partial charge in [0.1, 0.15) is 16.5 Å². The average Bonchev–Trinajstić information content (AvgIpc) is 2.74. The Morgan fingerprint density at radius 3 is 2.38 bits per heavy atom. The first-order valence-electron chi connectivity index (χ1n) is 9.30. The molecule has 6 nitrogen and oxygen atoms in total. The second kappa shape index (κ2) is 8.98. The van der Waals surface area contributed by atoms with Gasteiger partial charge in [-0.25, -0.2) is 17.2 Å². The third-order valence-electron chi connectivity index (χ3n) is 5.02. The first-order chi connectivity index (χ1) is 13.8. The van der Waals surface area contributed by atoms with Crippen LogP contribution in [0.1, 0.15) is 12.5 Å². The normalized spacial score (nSPS) is 17.1. The molecule has 1 atom stereocenters. The highest BCUT2D eigenvalue weighted by molar-refractivity contribution is 7.89. The monoisotopic (exact) mass is 423 g/mol. The van der Waals surface area contributed by atoms with Gasteiger partial charge in [-0.05, 0) is 30.7 Å². The van der Waals surface area contributed by atoms with E-state index in [2.05, 4.69) is 5.32 Å². The maximum atomic E-state index is 13.9. The molecule has 1 amide bonds. The van der Waals surface area contributed by atoms with Crippen molar-refractivity contribution in [3.8, 4) is 0 Å². The predicted molar refractivity (Wildman–Crippen MR) is 104 cm³/mol. The fourth-order valence-electron chi connectivity index (χ4n) is 3.24. The van der Waals surface area contributed by atoms with Gasteiger partial charge < -0.3 is 5.32 Å². The second-order valence-electron chi connectivity index (χ2n) is 6.89. The van der Waals surface area contributed by atoms with E-state index < -0.39 is 32.6 Å². The lowest BCUT2D eigenvalue weighted by Gasteiger charge is -2.36. The molecule has 3 rings (SSSR count). The van der Waals surface area contributed by atoms with Crippen molar-refractivity contribution in [3.63, 3.8) is 0 Å². The minimum absolute atomic E-state index is 0.0919. The van der Waals surface area contributed by atoms with Crippen molar-refractivity contribution in [2.45, 2.75) is 24.4 Å². The van der Waals surface area contributed by atoms with E-state index in [0.29, 0.717) is 25.7 Å². The fraction of sp³-hybridized carbons (Fsp3) is 0.350. The van der Waals surface area contributed by atoms with Gasteiger partial charge in [-0.3, -0.25) is 9.69 Å². The predicted octanol–water partition coefficient (Wildman–Crippen LogP) is 1.98. The van der Waals surface area contributed by atoms with Gasteiger partial charge in [0, 0.05) is 32.7 Å². The first-order valence-corrected chi connectivity index (χ1v) is 10.7. The topological polar surface area (TPSA) is 69.7 Å². The molecule has 0 bridgehead atoms. The number of carbonyl (C=O) groups excluding carboxylic acids is 1. The third-order valence-corrected chi connectivity index (χ3v) is 6.93. The molecule has 1 unspecified atom stereocenters. The zero-order chi connectivity index (χ0) is 21.0. The molecule has 0 radical (unpaired) electrons. The smallest absolute Gasteiger partial charge is 0.246 e. The molecule has 2 aromatic carbocycles. The lowest BCUT2D eigenvalue weighted by Crippen LogP contribution is -2.54. The third kappa shape index (κ3) is 4.98. The molecule has 1 heterocycles. The lowest BCUT2D eigenvalue weighted by atomic mass is 10.2. The van der Waals surface area contributed by atoms with Crippen LogP contribution >= 0.6 is 0 Å². The SMILES string of the molecule is CC(C(=O)NCc1ccccc1)N1CCN(S(=O)(=O)c2cc(F)ccc2F)CC1. The summed E-state index contributed by atoms with van der Waals surface area (Å²) < 4.78 is 53.7. The number of rotatable bonds is 6. The number of hydrogen-bond acceptors (Lipinski definition) is 4. The van der Waals surface area contributed by atoms with Crippen molar-refractivity contribution in [2.24, 2.45) is 0 Å². The summed E-state index contributed by atoms with van der Waals surface area (Å²) in [5.41, 5.74) is 0.987. The molecular weight excluding hydrogens is 400 g/mol. The average molecular weight is 423 g/mol.